The van der Waals surface area contributed by atoms with Crippen molar-refractivity contribution in [3.63, 3.8) is 0 Å². The quantitative estimate of drug-likeness (QED) is 0.309. The third-order valence-electron chi connectivity index (χ3n) is 5.97. The summed E-state index contributed by atoms with van der Waals surface area (Å²) >= 11 is 0. The summed E-state index contributed by atoms with van der Waals surface area (Å²) in [6, 6.07) is 20.5. The molecule has 3 aromatic rings. The van der Waals surface area contributed by atoms with Crippen LogP contribution in [0.25, 0.3) is 0 Å². The topological polar surface area (TPSA) is 116 Å². The molecule has 0 bridgehead atoms. The molecule has 4 N–H and O–H groups in total. The number of nitrogens with one attached hydrogen (secondary N) is 2. The zero-order valence-corrected chi connectivity index (χ0v) is 20.3. The van der Waals surface area contributed by atoms with Gasteiger partial charge < -0.3 is 20.8 Å². The van der Waals surface area contributed by atoms with E-state index in [9.17, 15) is 24.6 Å². The number of benzene rings is 3. The van der Waals surface area contributed by atoms with Crippen LogP contribution >= 0.6 is 0 Å². The van der Waals surface area contributed by atoms with Gasteiger partial charge in [-0.15, -0.1) is 0 Å². The molecule has 188 valence electrons. The second kappa shape index (κ2) is 13.1. The van der Waals surface area contributed by atoms with Gasteiger partial charge in [-0.3, -0.25) is 9.59 Å². The Labute approximate surface area is 211 Å². The highest BCUT2D eigenvalue weighted by molar-refractivity contribution is 5.98. The van der Waals surface area contributed by atoms with Gasteiger partial charge in [0.1, 0.15) is 17.8 Å². The molecule has 0 aromatic heterocycles. The van der Waals surface area contributed by atoms with Crippen LogP contribution < -0.4 is 10.6 Å². The van der Waals surface area contributed by atoms with Crippen molar-refractivity contribution in [3.8, 4) is 5.75 Å². The first-order valence-corrected chi connectivity index (χ1v) is 12.1. The Hall–Kier alpha value is -4.13. The third-order valence-corrected chi connectivity index (χ3v) is 5.97. The molecule has 3 rings (SSSR count). The second-order valence-electron chi connectivity index (χ2n) is 8.74. The van der Waals surface area contributed by atoms with Gasteiger partial charge in [0, 0.05) is 18.4 Å². The van der Waals surface area contributed by atoms with Crippen LogP contribution in [-0.2, 0) is 28.9 Å². The number of amides is 2. The Kier molecular flexibility index (Phi) is 9.63. The average Bonchev–Trinajstić information content (AvgIpc) is 2.88. The van der Waals surface area contributed by atoms with Crippen molar-refractivity contribution in [2.45, 2.75) is 51.1 Å². The first-order chi connectivity index (χ1) is 17.4. The number of hydrogen-bond donors (Lipinski definition) is 4. The number of rotatable bonds is 12. The van der Waals surface area contributed by atoms with Gasteiger partial charge in [0.15, 0.2) is 0 Å². The summed E-state index contributed by atoms with van der Waals surface area (Å²) in [5, 5.41) is 25.2. The Morgan fingerprint density at radius 3 is 2.11 bits per heavy atom. The van der Waals surface area contributed by atoms with Gasteiger partial charge in [-0.05, 0) is 53.8 Å². The lowest BCUT2D eigenvalue weighted by Gasteiger charge is -2.22. The van der Waals surface area contributed by atoms with Gasteiger partial charge in [-0.25, -0.2) is 4.79 Å². The van der Waals surface area contributed by atoms with E-state index in [-0.39, 0.29) is 18.6 Å². The normalized spacial score (nSPS) is 12.4. The molecule has 0 radical (unpaired) electrons. The SMILES string of the molecule is CCCCc1cc(O)ccc1C[C@H](NC(=O)[C@H](Cc1ccccc1)NC(=O)c1ccccc1)C(=O)O. The Bertz CT molecular complexity index is 1160. The van der Waals surface area contributed by atoms with Crippen molar-refractivity contribution >= 4 is 17.8 Å². The molecule has 0 heterocycles. The first-order valence-electron chi connectivity index (χ1n) is 12.1. The molecule has 0 unspecified atom stereocenters. The summed E-state index contributed by atoms with van der Waals surface area (Å²) in [6.45, 7) is 2.05. The number of aromatic hydroxyl groups is 1. The second-order valence-corrected chi connectivity index (χ2v) is 8.74. The van der Waals surface area contributed by atoms with Crippen LogP contribution in [0.15, 0.2) is 78.9 Å². The van der Waals surface area contributed by atoms with E-state index < -0.39 is 29.9 Å². The molecule has 0 fully saturated rings. The van der Waals surface area contributed by atoms with Crippen molar-refractivity contribution in [3.05, 3.63) is 101 Å². The van der Waals surface area contributed by atoms with Crippen molar-refractivity contribution in [2.75, 3.05) is 0 Å². The van der Waals surface area contributed by atoms with E-state index >= 15 is 0 Å². The molecule has 2 amide bonds. The maximum atomic E-state index is 13.3. The van der Waals surface area contributed by atoms with Gasteiger partial charge in [-0.2, -0.15) is 0 Å². The van der Waals surface area contributed by atoms with Gasteiger partial charge >= 0.3 is 5.97 Å². The maximum Gasteiger partial charge on any atom is 0.326 e. The molecule has 2 atom stereocenters. The summed E-state index contributed by atoms with van der Waals surface area (Å²) < 4.78 is 0. The number of carboxylic acid groups (broad SMARTS) is 1. The lowest BCUT2D eigenvalue weighted by atomic mass is 9.96. The minimum Gasteiger partial charge on any atom is -0.508 e. The van der Waals surface area contributed by atoms with E-state index in [0.717, 1.165) is 29.5 Å². The predicted molar refractivity (Wildman–Crippen MR) is 138 cm³/mol. The predicted octanol–water partition coefficient (Wildman–Crippen LogP) is 3.89. The molecule has 0 spiro atoms. The van der Waals surface area contributed by atoms with Crippen molar-refractivity contribution in [1.82, 2.24) is 10.6 Å². The number of aryl methyl sites for hydroxylation is 1. The van der Waals surface area contributed by atoms with Gasteiger partial charge in [-0.1, -0.05) is 67.9 Å². The summed E-state index contributed by atoms with van der Waals surface area (Å²) in [4.78, 5) is 38.2. The summed E-state index contributed by atoms with van der Waals surface area (Å²) in [6.07, 6.45) is 2.82. The van der Waals surface area contributed by atoms with Crippen LogP contribution in [0.2, 0.25) is 0 Å². The van der Waals surface area contributed by atoms with Crippen LogP contribution in [-0.4, -0.2) is 40.1 Å². The van der Waals surface area contributed by atoms with Crippen molar-refractivity contribution < 1.29 is 24.6 Å². The van der Waals surface area contributed by atoms with Crippen LogP contribution in [0, 0.1) is 0 Å². The maximum absolute atomic E-state index is 13.3. The number of aliphatic carboxylic acids is 1. The van der Waals surface area contributed by atoms with Gasteiger partial charge in [0.2, 0.25) is 5.91 Å². The van der Waals surface area contributed by atoms with Crippen LogP contribution in [0.3, 0.4) is 0 Å². The minimum atomic E-state index is -1.20. The fourth-order valence-corrected chi connectivity index (χ4v) is 3.99. The van der Waals surface area contributed by atoms with Crippen molar-refractivity contribution in [1.29, 1.82) is 0 Å². The van der Waals surface area contributed by atoms with Crippen LogP contribution in [0.1, 0.15) is 46.8 Å². The highest BCUT2D eigenvalue weighted by Gasteiger charge is 2.28. The van der Waals surface area contributed by atoms with E-state index in [4.69, 9.17) is 0 Å². The number of carbonyl (C=O) groups excluding carboxylic acids is 2. The number of carboxylic acids is 1. The fourth-order valence-electron chi connectivity index (χ4n) is 3.99. The smallest absolute Gasteiger partial charge is 0.326 e. The molecule has 0 aliphatic carbocycles. The number of carbonyl (C=O) groups is 3. The van der Waals surface area contributed by atoms with E-state index in [1.54, 1.807) is 42.5 Å². The van der Waals surface area contributed by atoms with Crippen LogP contribution in [0.4, 0.5) is 0 Å². The Balaban J connectivity index is 1.80. The molecule has 0 saturated carbocycles. The average molecular weight is 489 g/mol. The molecule has 0 aliphatic rings. The van der Waals surface area contributed by atoms with Gasteiger partial charge in [0.25, 0.3) is 5.91 Å². The standard InChI is InChI=1S/C29H32N2O5/c1-2-3-12-22-18-24(32)16-15-23(22)19-26(29(35)36)31-28(34)25(17-20-10-6-4-7-11-20)30-27(33)21-13-8-5-9-14-21/h4-11,13-16,18,25-26,32H,2-3,12,17,19H2,1H3,(H,30,33)(H,31,34)(H,35,36)/t25-,26-/m0/s1. The largest absolute Gasteiger partial charge is 0.508 e. The monoisotopic (exact) mass is 488 g/mol. The van der Waals surface area contributed by atoms with E-state index in [1.807, 2.05) is 30.3 Å². The summed E-state index contributed by atoms with van der Waals surface area (Å²) in [5.74, 6) is -2.05. The minimum absolute atomic E-state index is 0.0606. The number of unbranched alkanes of at least 4 members (excludes halogenated alkanes) is 1. The molecule has 3 aromatic carbocycles. The molecule has 0 saturated heterocycles. The van der Waals surface area contributed by atoms with Crippen molar-refractivity contribution in [2.24, 2.45) is 0 Å². The molecule has 7 nitrogen and oxygen atoms in total. The van der Waals surface area contributed by atoms with E-state index in [0.29, 0.717) is 12.0 Å². The molecule has 7 heteroatoms. The third kappa shape index (κ3) is 7.70. The van der Waals surface area contributed by atoms with E-state index in [1.165, 1.54) is 6.07 Å². The Morgan fingerprint density at radius 2 is 1.47 bits per heavy atom. The molecular formula is C29H32N2O5. The van der Waals surface area contributed by atoms with E-state index in [2.05, 4.69) is 17.6 Å². The lowest BCUT2D eigenvalue weighted by Crippen LogP contribution is -2.53. The lowest BCUT2D eigenvalue weighted by molar-refractivity contribution is -0.142. The number of hydrogen-bond acceptors (Lipinski definition) is 4. The summed E-state index contributed by atoms with van der Waals surface area (Å²) in [5.41, 5.74) is 2.85. The summed E-state index contributed by atoms with van der Waals surface area (Å²) in [7, 11) is 0. The highest BCUT2D eigenvalue weighted by atomic mass is 16.4. The number of phenols is 1. The first kappa shape index (κ1) is 26.5. The van der Waals surface area contributed by atoms with Crippen LogP contribution in [0.5, 0.6) is 5.75 Å². The number of phenolic OH excluding ortho intramolecular Hbond substituents is 1. The van der Waals surface area contributed by atoms with Gasteiger partial charge in [0.05, 0.1) is 0 Å². The zero-order chi connectivity index (χ0) is 25.9. The molecular weight excluding hydrogens is 456 g/mol. The molecule has 36 heavy (non-hydrogen) atoms. The molecule has 0 aliphatic heterocycles. The fraction of sp³-hybridized carbons (Fsp3) is 0.276. The highest BCUT2D eigenvalue weighted by Crippen LogP contribution is 2.20. The Morgan fingerprint density at radius 1 is 0.806 bits per heavy atom. The zero-order valence-electron chi connectivity index (χ0n) is 20.3.